The predicted octanol–water partition coefficient (Wildman–Crippen LogP) is 4.18. The van der Waals surface area contributed by atoms with E-state index in [1.807, 2.05) is 23.2 Å². The quantitative estimate of drug-likeness (QED) is 0.826. The highest BCUT2D eigenvalue weighted by Gasteiger charge is 2.27. The van der Waals surface area contributed by atoms with Gasteiger partial charge in [-0.25, -0.2) is 4.98 Å². The lowest BCUT2D eigenvalue weighted by Crippen LogP contribution is -2.32. The Morgan fingerprint density at radius 3 is 2.52 bits per heavy atom. The Labute approximate surface area is 149 Å². The highest BCUT2D eigenvalue weighted by atomic mass is 16.2. The van der Waals surface area contributed by atoms with Crippen LogP contribution in [-0.2, 0) is 6.42 Å². The molecule has 1 aromatic carbocycles. The topological polar surface area (TPSA) is 36.4 Å². The van der Waals surface area contributed by atoms with Gasteiger partial charge in [0.2, 0.25) is 0 Å². The molecule has 1 aromatic heterocycles. The Hall–Kier alpha value is -2.36. The number of rotatable bonds is 2. The molecule has 2 aliphatic heterocycles. The van der Waals surface area contributed by atoms with Crippen molar-refractivity contribution in [2.75, 3.05) is 18.0 Å². The molecule has 0 aliphatic carbocycles. The first-order chi connectivity index (χ1) is 12.2. The lowest BCUT2D eigenvalue weighted by atomic mass is 10.1. The Balaban J connectivity index is 1.55. The van der Waals surface area contributed by atoms with E-state index in [1.54, 1.807) is 0 Å². The van der Waals surface area contributed by atoms with Crippen LogP contribution >= 0.6 is 0 Å². The van der Waals surface area contributed by atoms with Crippen molar-refractivity contribution in [2.45, 2.75) is 45.1 Å². The summed E-state index contributed by atoms with van der Waals surface area (Å²) in [7, 11) is 0. The van der Waals surface area contributed by atoms with Crippen LogP contribution in [0.15, 0.2) is 42.6 Å². The molecule has 0 radical (unpaired) electrons. The first-order valence-corrected chi connectivity index (χ1v) is 9.36. The van der Waals surface area contributed by atoms with E-state index in [1.165, 1.54) is 24.1 Å². The molecule has 25 heavy (non-hydrogen) atoms. The van der Waals surface area contributed by atoms with Gasteiger partial charge in [0.25, 0.3) is 5.91 Å². The number of carbonyl (C=O) groups is 1. The van der Waals surface area contributed by atoms with Crippen LogP contribution in [0.2, 0.25) is 0 Å². The Morgan fingerprint density at radius 2 is 1.80 bits per heavy atom. The van der Waals surface area contributed by atoms with Gasteiger partial charge < -0.3 is 9.80 Å². The minimum absolute atomic E-state index is 0.0725. The number of pyridine rings is 1. The summed E-state index contributed by atoms with van der Waals surface area (Å²) in [6.07, 6.45) is 7.55. The van der Waals surface area contributed by atoms with E-state index in [4.69, 9.17) is 0 Å². The number of amides is 1. The summed E-state index contributed by atoms with van der Waals surface area (Å²) >= 11 is 0. The highest BCUT2D eigenvalue weighted by molar-refractivity contribution is 5.92. The molecule has 3 heterocycles. The minimum Gasteiger partial charge on any atom is -0.337 e. The van der Waals surface area contributed by atoms with E-state index < -0.39 is 0 Å². The van der Waals surface area contributed by atoms with Gasteiger partial charge in [0.15, 0.2) is 0 Å². The second-order valence-electron chi connectivity index (χ2n) is 7.16. The van der Waals surface area contributed by atoms with Crippen molar-refractivity contribution >= 4 is 17.3 Å². The van der Waals surface area contributed by atoms with Crippen molar-refractivity contribution in [2.24, 2.45) is 0 Å². The van der Waals surface area contributed by atoms with Gasteiger partial charge in [-0.15, -0.1) is 0 Å². The lowest BCUT2D eigenvalue weighted by molar-refractivity contribution is 0.0756. The average Bonchev–Trinajstić information content (AvgIpc) is 2.81. The molecule has 4 rings (SSSR count). The van der Waals surface area contributed by atoms with E-state index in [9.17, 15) is 4.79 Å². The van der Waals surface area contributed by atoms with E-state index in [-0.39, 0.29) is 5.91 Å². The van der Waals surface area contributed by atoms with Crippen LogP contribution < -0.4 is 4.90 Å². The van der Waals surface area contributed by atoms with E-state index in [0.29, 0.717) is 11.7 Å². The van der Waals surface area contributed by atoms with Gasteiger partial charge >= 0.3 is 0 Å². The van der Waals surface area contributed by atoms with Crippen molar-refractivity contribution in [3.63, 3.8) is 0 Å². The third-order valence-corrected chi connectivity index (χ3v) is 5.35. The normalized spacial score (nSPS) is 20.3. The van der Waals surface area contributed by atoms with Crippen molar-refractivity contribution in [3.05, 3.63) is 53.9 Å². The molecule has 130 valence electrons. The number of benzene rings is 1. The number of aromatic nitrogens is 1. The van der Waals surface area contributed by atoms with E-state index >= 15 is 0 Å². The Kier molecular flexibility index (Phi) is 4.43. The first-order valence-electron chi connectivity index (χ1n) is 9.36. The zero-order chi connectivity index (χ0) is 17.2. The van der Waals surface area contributed by atoms with Crippen LogP contribution in [0.5, 0.6) is 0 Å². The maximum atomic E-state index is 12.7. The third-order valence-electron chi connectivity index (χ3n) is 5.35. The summed E-state index contributed by atoms with van der Waals surface area (Å²) in [5, 5.41) is 0. The van der Waals surface area contributed by atoms with Gasteiger partial charge in [-0.2, -0.15) is 0 Å². The maximum absolute atomic E-state index is 12.7. The molecule has 2 aromatic rings. The van der Waals surface area contributed by atoms with E-state index in [0.717, 1.165) is 38.0 Å². The molecule has 1 fully saturated rings. The van der Waals surface area contributed by atoms with Crippen LogP contribution in [0.1, 0.15) is 48.7 Å². The molecular formula is C21H25N3O. The smallest absolute Gasteiger partial charge is 0.272 e. The summed E-state index contributed by atoms with van der Waals surface area (Å²) in [5.74, 6) is 0.0725. The van der Waals surface area contributed by atoms with Crippen LogP contribution in [0.4, 0.5) is 11.4 Å². The number of anilines is 2. The molecule has 0 saturated carbocycles. The minimum atomic E-state index is 0.0725. The summed E-state index contributed by atoms with van der Waals surface area (Å²) in [6, 6.07) is 12.9. The molecule has 1 amide bonds. The molecule has 0 N–H and O–H groups in total. The van der Waals surface area contributed by atoms with Crippen LogP contribution in [0.25, 0.3) is 0 Å². The molecule has 2 aliphatic rings. The van der Waals surface area contributed by atoms with Gasteiger partial charge in [-0.05, 0) is 49.9 Å². The molecule has 0 bridgehead atoms. The monoisotopic (exact) mass is 335 g/mol. The molecular weight excluding hydrogens is 310 g/mol. The Bertz CT molecular complexity index is 748. The van der Waals surface area contributed by atoms with Gasteiger partial charge in [0, 0.05) is 24.8 Å². The average molecular weight is 335 g/mol. The van der Waals surface area contributed by atoms with Crippen molar-refractivity contribution < 1.29 is 4.79 Å². The molecule has 1 unspecified atom stereocenters. The number of likely N-dealkylation sites (tertiary alicyclic amines) is 1. The SMILES string of the molecule is CC1Cc2ccccc2N1c1ccc(C(=O)N2CCCCCC2)nc1. The van der Waals surface area contributed by atoms with Crippen LogP contribution in [-0.4, -0.2) is 34.9 Å². The second-order valence-corrected chi connectivity index (χ2v) is 7.16. The van der Waals surface area contributed by atoms with Crippen molar-refractivity contribution in [1.29, 1.82) is 0 Å². The second kappa shape index (κ2) is 6.87. The molecule has 4 nitrogen and oxygen atoms in total. The highest BCUT2D eigenvalue weighted by Crippen LogP contribution is 2.37. The van der Waals surface area contributed by atoms with Crippen LogP contribution in [0, 0.1) is 0 Å². The number of nitrogens with zero attached hydrogens (tertiary/aromatic N) is 3. The summed E-state index contributed by atoms with van der Waals surface area (Å²) in [4.78, 5) is 21.5. The number of hydrogen-bond donors (Lipinski definition) is 0. The van der Waals surface area contributed by atoms with Gasteiger partial charge in [0.1, 0.15) is 5.69 Å². The fourth-order valence-corrected chi connectivity index (χ4v) is 4.05. The molecule has 1 atom stereocenters. The van der Waals surface area contributed by atoms with E-state index in [2.05, 4.69) is 41.1 Å². The molecule has 1 saturated heterocycles. The molecule has 0 spiro atoms. The number of fused-ring (bicyclic) bond motifs is 1. The fraction of sp³-hybridized carbons (Fsp3) is 0.429. The summed E-state index contributed by atoms with van der Waals surface area (Å²) in [5.41, 5.74) is 4.25. The van der Waals surface area contributed by atoms with Gasteiger partial charge in [0.05, 0.1) is 11.9 Å². The summed E-state index contributed by atoms with van der Waals surface area (Å²) in [6.45, 7) is 3.95. The largest absolute Gasteiger partial charge is 0.337 e. The summed E-state index contributed by atoms with van der Waals surface area (Å²) < 4.78 is 0. The number of para-hydroxylation sites is 1. The van der Waals surface area contributed by atoms with Gasteiger partial charge in [-0.3, -0.25) is 4.79 Å². The van der Waals surface area contributed by atoms with Crippen molar-refractivity contribution in [1.82, 2.24) is 9.88 Å². The first kappa shape index (κ1) is 16.1. The van der Waals surface area contributed by atoms with Crippen molar-refractivity contribution in [3.8, 4) is 0 Å². The predicted molar refractivity (Wildman–Crippen MR) is 100 cm³/mol. The van der Waals surface area contributed by atoms with Gasteiger partial charge in [-0.1, -0.05) is 31.0 Å². The standard InChI is InChI=1S/C21H25N3O/c1-16-14-17-8-4-5-9-20(17)24(16)18-10-11-19(22-15-18)21(25)23-12-6-2-3-7-13-23/h4-5,8-11,15-16H,2-3,6-7,12-14H2,1H3. The number of hydrogen-bond acceptors (Lipinski definition) is 3. The molecule has 4 heteroatoms. The lowest BCUT2D eigenvalue weighted by Gasteiger charge is -2.25. The van der Waals surface area contributed by atoms with Crippen LogP contribution in [0.3, 0.4) is 0 Å². The Morgan fingerprint density at radius 1 is 1.04 bits per heavy atom. The zero-order valence-corrected chi connectivity index (χ0v) is 14.8. The maximum Gasteiger partial charge on any atom is 0.272 e. The zero-order valence-electron chi connectivity index (χ0n) is 14.8. The third kappa shape index (κ3) is 3.13. The fourth-order valence-electron chi connectivity index (χ4n) is 4.05. The number of carbonyl (C=O) groups excluding carboxylic acids is 1.